The fourth-order valence-corrected chi connectivity index (χ4v) is 4.25. The van der Waals surface area contributed by atoms with Crippen LogP contribution in [-0.4, -0.2) is 26.5 Å². The van der Waals surface area contributed by atoms with Crippen LogP contribution in [0.5, 0.6) is 0 Å². The van der Waals surface area contributed by atoms with E-state index in [2.05, 4.69) is 10.3 Å². The third-order valence-corrected chi connectivity index (χ3v) is 5.62. The normalized spacial score (nSPS) is 16.4. The summed E-state index contributed by atoms with van der Waals surface area (Å²) in [6.45, 7) is 0. The molecular weight excluding hydrogens is 366 g/mol. The molecule has 5 rings (SSSR count). The Kier molecular flexibility index (Phi) is 4.05. The Labute approximate surface area is 167 Å². The largest absolute Gasteiger partial charge is 0.477 e. The highest BCUT2D eigenvalue weighted by molar-refractivity contribution is 6.34. The number of benzene rings is 1. The van der Waals surface area contributed by atoms with Gasteiger partial charge in [-0.05, 0) is 54.5 Å². The first-order chi connectivity index (χ1) is 14.1. The molecule has 3 aromatic rings. The first-order valence-electron chi connectivity index (χ1n) is 9.65. The molecule has 0 radical (unpaired) electrons. The van der Waals surface area contributed by atoms with Crippen LogP contribution >= 0.6 is 0 Å². The number of nitrogens with zero attached hydrogens (tertiary/aromatic N) is 2. The van der Waals surface area contributed by atoms with Gasteiger partial charge in [-0.3, -0.25) is 9.78 Å². The zero-order chi connectivity index (χ0) is 20.0. The lowest BCUT2D eigenvalue weighted by atomic mass is 9.94. The minimum atomic E-state index is -0.962. The van der Waals surface area contributed by atoms with E-state index >= 15 is 0 Å². The van der Waals surface area contributed by atoms with Gasteiger partial charge in [-0.15, -0.1) is 0 Å². The van der Waals surface area contributed by atoms with E-state index < -0.39 is 5.97 Å². The van der Waals surface area contributed by atoms with Gasteiger partial charge in [-0.25, -0.2) is 4.79 Å². The first kappa shape index (κ1) is 17.4. The number of nitrogens with one attached hydrogen (secondary N) is 1. The number of pyridine rings is 1. The topological polar surface area (TPSA) is 84.2 Å². The fraction of sp³-hybridized carbons (Fsp3) is 0.174. The predicted octanol–water partition coefficient (Wildman–Crippen LogP) is 4.08. The van der Waals surface area contributed by atoms with E-state index in [1.54, 1.807) is 23.2 Å². The van der Waals surface area contributed by atoms with E-state index in [0.717, 1.165) is 59.2 Å². The fourth-order valence-electron chi connectivity index (χ4n) is 4.25. The summed E-state index contributed by atoms with van der Waals surface area (Å²) in [7, 11) is 0. The van der Waals surface area contributed by atoms with Gasteiger partial charge in [0.05, 0.1) is 5.57 Å². The van der Waals surface area contributed by atoms with E-state index in [4.69, 9.17) is 0 Å². The molecule has 0 saturated heterocycles. The zero-order valence-electron chi connectivity index (χ0n) is 15.7. The van der Waals surface area contributed by atoms with Crippen molar-refractivity contribution in [2.24, 2.45) is 0 Å². The molecule has 0 bridgehead atoms. The van der Waals surface area contributed by atoms with Crippen molar-refractivity contribution in [1.82, 2.24) is 9.55 Å². The van der Waals surface area contributed by atoms with Gasteiger partial charge in [0.2, 0.25) is 0 Å². The van der Waals surface area contributed by atoms with Crippen LogP contribution in [0.4, 0.5) is 5.69 Å². The molecule has 2 N–H and O–H groups in total. The number of carboxylic acids is 1. The Morgan fingerprint density at radius 3 is 2.83 bits per heavy atom. The highest BCUT2D eigenvalue weighted by Crippen LogP contribution is 2.36. The van der Waals surface area contributed by atoms with Gasteiger partial charge in [-0.1, -0.05) is 18.2 Å². The summed E-state index contributed by atoms with van der Waals surface area (Å²) in [4.78, 5) is 28.7. The summed E-state index contributed by atoms with van der Waals surface area (Å²) in [6.07, 6.45) is 10.7. The molecule has 0 atom stereocenters. The Morgan fingerprint density at radius 2 is 2.03 bits per heavy atom. The molecule has 0 unspecified atom stereocenters. The van der Waals surface area contributed by atoms with Gasteiger partial charge in [0.15, 0.2) is 0 Å². The molecule has 2 aliphatic rings. The molecule has 1 aliphatic heterocycles. The molecule has 1 aliphatic carbocycles. The van der Waals surface area contributed by atoms with Gasteiger partial charge in [0, 0.05) is 41.6 Å². The smallest absolute Gasteiger partial charge is 0.353 e. The van der Waals surface area contributed by atoms with Crippen LogP contribution in [0.15, 0.2) is 48.9 Å². The summed E-state index contributed by atoms with van der Waals surface area (Å²) >= 11 is 0. The van der Waals surface area contributed by atoms with Crippen LogP contribution in [0.2, 0.25) is 0 Å². The lowest BCUT2D eigenvalue weighted by Gasteiger charge is -2.11. The van der Waals surface area contributed by atoms with Crippen LogP contribution in [0, 0.1) is 0 Å². The summed E-state index contributed by atoms with van der Waals surface area (Å²) in [5.74, 6) is -1.19. The molecule has 1 aromatic carbocycles. The van der Waals surface area contributed by atoms with Crippen LogP contribution < -0.4 is 5.32 Å². The van der Waals surface area contributed by atoms with E-state index in [0.29, 0.717) is 5.57 Å². The molecule has 1 amide bonds. The maximum atomic E-state index is 12.7. The highest BCUT2D eigenvalue weighted by Gasteiger charge is 2.27. The third-order valence-electron chi connectivity index (χ3n) is 5.62. The molecule has 6 nitrogen and oxygen atoms in total. The molecule has 6 heteroatoms. The average Bonchev–Trinajstić information content (AvgIpc) is 3.25. The monoisotopic (exact) mass is 385 g/mol. The third kappa shape index (κ3) is 2.93. The van der Waals surface area contributed by atoms with Gasteiger partial charge in [-0.2, -0.15) is 0 Å². The number of aryl methyl sites for hydroxylation is 1. The Morgan fingerprint density at radius 1 is 1.17 bits per heavy atom. The molecule has 2 aromatic heterocycles. The lowest BCUT2D eigenvalue weighted by Crippen LogP contribution is -2.10. The summed E-state index contributed by atoms with van der Waals surface area (Å²) < 4.78 is 1.61. The lowest BCUT2D eigenvalue weighted by molar-refractivity contribution is -0.110. The van der Waals surface area contributed by atoms with Gasteiger partial charge < -0.3 is 15.0 Å². The van der Waals surface area contributed by atoms with Crippen molar-refractivity contribution in [2.75, 3.05) is 5.32 Å². The Bertz CT molecular complexity index is 1180. The molecule has 29 heavy (non-hydrogen) atoms. The second-order valence-electron chi connectivity index (χ2n) is 7.40. The van der Waals surface area contributed by atoms with Crippen molar-refractivity contribution in [3.05, 3.63) is 71.3 Å². The number of hydrogen-bond acceptors (Lipinski definition) is 3. The van der Waals surface area contributed by atoms with E-state index in [9.17, 15) is 14.7 Å². The van der Waals surface area contributed by atoms with Crippen molar-refractivity contribution in [3.63, 3.8) is 0 Å². The summed E-state index contributed by atoms with van der Waals surface area (Å²) in [5.41, 5.74) is 6.10. The van der Waals surface area contributed by atoms with Crippen LogP contribution in [0.25, 0.3) is 22.9 Å². The summed E-state index contributed by atoms with van der Waals surface area (Å²) in [5, 5.41) is 12.7. The first-order valence-corrected chi connectivity index (χ1v) is 9.65. The zero-order valence-corrected chi connectivity index (χ0v) is 15.7. The number of anilines is 1. The van der Waals surface area contributed by atoms with Gasteiger partial charge in [0.25, 0.3) is 5.91 Å². The van der Waals surface area contributed by atoms with Crippen molar-refractivity contribution < 1.29 is 14.7 Å². The SMILES string of the molecule is O=C1Nc2cc(-c3cccnc3)ccc2C1=Cn1cc2c(c1C(=O)O)CCCC2. The van der Waals surface area contributed by atoms with Crippen molar-refractivity contribution >= 4 is 29.3 Å². The molecule has 0 spiro atoms. The Hall–Kier alpha value is -3.67. The maximum absolute atomic E-state index is 12.7. The second kappa shape index (κ2) is 6.74. The van der Waals surface area contributed by atoms with Crippen molar-refractivity contribution in [1.29, 1.82) is 0 Å². The van der Waals surface area contributed by atoms with E-state index in [1.165, 1.54) is 0 Å². The van der Waals surface area contributed by atoms with Gasteiger partial charge in [0.1, 0.15) is 5.69 Å². The molecule has 0 saturated carbocycles. The standard InChI is InChI=1S/C23H19N3O3/c27-22-19(13-26-12-16-4-1-2-6-17(16)21(26)23(28)29)18-8-7-14(10-20(18)25-22)15-5-3-9-24-11-15/h3,5,7-13H,1-2,4,6H2,(H,25,27)(H,28,29). The molecule has 144 valence electrons. The van der Waals surface area contributed by atoms with Crippen LogP contribution in [0.1, 0.15) is 40.0 Å². The van der Waals surface area contributed by atoms with E-state index in [1.807, 2.05) is 36.5 Å². The number of aromatic carboxylic acids is 1. The number of fused-ring (bicyclic) bond motifs is 2. The minimum absolute atomic E-state index is 0.230. The predicted molar refractivity (Wildman–Crippen MR) is 111 cm³/mol. The average molecular weight is 385 g/mol. The van der Waals surface area contributed by atoms with Crippen molar-refractivity contribution in [3.8, 4) is 11.1 Å². The highest BCUT2D eigenvalue weighted by atomic mass is 16.4. The van der Waals surface area contributed by atoms with Crippen LogP contribution in [-0.2, 0) is 17.6 Å². The second-order valence-corrected chi connectivity index (χ2v) is 7.40. The number of carbonyl (C=O) groups is 2. The minimum Gasteiger partial charge on any atom is -0.477 e. The number of rotatable bonds is 3. The Balaban J connectivity index is 1.59. The number of aromatic nitrogens is 2. The molecule has 0 fully saturated rings. The number of hydrogen-bond donors (Lipinski definition) is 2. The van der Waals surface area contributed by atoms with Gasteiger partial charge >= 0.3 is 5.97 Å². The molecule has 3 heterocycles. The summed E-state index contributed by atoms with van der Waals surface area (Å²) in [6, 6.07) is 9.59. The maximum Gasteiger partial charge on any atom is 0.353 e. The van der Waals surface area contributed by atoms with Crippen LogP contribution in [0.3, 0.4) is 0 Å². The number of amides is 1. The quantitative estimate of drug-likeness (QED) is 0.666. The van der Waals surface area contributed by atoms with Crippen molar-refractivity contribution in [2.45, 2.75) is 25.7 Å². The van der Waals surface area contributed by atoms with E-state index in [-0.39, 0.29) is 11.6 Å². The number of carbonyl (C=O) groups excluding carboxylic acids is 1. The molecular formula is C23H19N3O3. The number of carboxylic acid groups (broad SMARTS) is 1.